The third-order valence-corrected chi connectivity index (χ3v) is 4.21. The van der Waals surface area contributed by atoms with Crippen molar-refractivity contribution in [3.63, 3.8) is 0 Å². The molecule has 24 heavy (non-hydrogen) atoms. The Kier molecular flexibility index (Phi) is 4.78. The average molecular weight is 331 g/mol. The van der Waals surface area contributed by atoms with E-state index in [0.29, 0.717) is 32.1 Å². The molecule has 0 aliphatic carbocycles. The second kappa shape index (κ2) is 6.83. The first-order chi connectivity index (χ1) is 11.5. The minimum absolute atomic E-state index is 0.148. The molecule has 6 heteroatoms. The molecule has 1 aromatic carbocycles. The number of hydrogen-bond donors (Lipinski definition) is 1. The fourth-order valence-electron chi connectivity index (χ4n) is 3.14. The Morgan fingerprint density at radius 3 is 2.67 bits per heavy atom. The molecular weight excluding hydrogens is 309 g/mol. The molecule has 1 fully saturated rings. The van der Waals surface area contributed by atoms with E-state index in [1.54, 1.807) is 6.07 Å². The number of nitrogens with zero attached hydrogens (tertiary/aromatic N) is 3. The number of halogens is 1. The summed E-state index contributed by atoms with van der Waals surface area (Å²) < 4.78 is 19.3. The number of morpholine rings is 1. The highest BCUT2D eigenvalue weighted by atomic mass is 19.1. The summed E-state index contributed by atoms with van der Waals surface area (Å²) in [6, 6.07) is 8.33. The minimum Gasteiger partial charge on any atom is -0.393 e. The van der Waals surface area contributed by atoms with E-state index in [1.165, 1.54) is 12.1 Å². The highest BCUT2D eigenvalue weighted by Crippen LogP contribution is 2.25. The first kappa shape index (κ1) is 16.8. The lowest BCUT2D eigenvalue weighted by molar-refractivity contribution is -0.0871. The van der Waals surface area contributed by atoms with Crippen LogP contribution in [0.25, 0.3) is 0 Å². The highest BCUT2D eigenvalue weighted by molar-refractivity contribution is 5.34. The highest BCUT2D eigenvalue weighted by Gasteiger charge is 2.37. The summed E-state index contributed by atoms with van der Waals surface area (Å²) in [5, 5.41) is 9.96. The number of aromatic nitrogens is 2. The van der Waals surface area contributed by atoms with Gasteiger partial charge < -0.3 is 14.7 Å². The average Bonchev–Trinajstić information content (AvgIpc) is 2.54. The minimum atomic E-state index is -0.785. The molecule has 1 aliphatic heterocycles. The SMILES string of the molecule is Cc1cc(C)nc(N2CCOC(CO)(Cc3cccc(F)c3)C2)n1. The van der Waals surface area contributed by atoms with Crippen LogP contribution in [0.4, 0.5) is 10.3 Å². The molecular formula is C18H22FN3O2. The lowest BCUT2D eigenvalue weighted by Crippen LogP contribution is -2.56. The van der Waals surface area contributed by atoms with Crippen molar-refractivity contribution in [2.75, 3.05) is 31.2 Å². The van der Waals surface area contributed by atoms with Crippen LogP contribution in [0.5, 0.6) is 0 Å². The van der Waals surface area contributed by atoms with Crippen LogP contribution in [0.2, 0.25) is 0 Å². The number of aliphatic hydroxyl groups is 1. The van der Waals surface area contributed by atoms with Crippen molar-refractivity contribution < 1.29 is 14.2 Å². The number of benzene rings is 1. The van der Waals surface area contributed by atoms with Crippen LogP contribution in [-0.4, -0.2) is 47.0 Å². The summed E-state index contributed by atoms with van der Waals surface area (Å²) >= 11 is 0. The van der Waals surface area contributed by atoms with Crippen molar-refractivity contribution in [1.82, 2.24) is 9.97 Å². The van der Waals surface area contributed by atoms with Crippen LogP contribution in [0.3, 0.4) is 0 Å². The second-order valence-corrected chi connectivity index (χ2v) is 6.37. The van der Waals surface area contributed by atoms with Gasteiger partial charge >= 0.3 is 0 Å². The maximum Gasteiger partial charge on any atom is 0.225 e. The number of aryl methyl sites for hydroxylation is 2. The molecule has 0 amide bonds. The Bertz CT molecular complexity index is 705. The van der Waals surface area contributed by atoms with E-state index in [0.717, 1.165) is 17.0 Å². The van der Waals surface area contributed by atoms with Crippen molar-refractivity contribution >= 4 is 5.95 Å². The van der Waals surface area contributed by atoms with Gasteiger partial charge in [0.2, 0.25) is 5.95 Å². The summed E-state index contributed by atoms with van der Waals surface area (Å²) in [6.07, 6.45) is 0.433. The molecule has 128 valence electrons. The van der Waals surface area contributed by atoms with Gasteiger partial charge in [-0.15, -0.1) is 0 Å². The lowest BCUT2D eigenvalue weighted by atomic mass is 9.93. The Morgan fingerprint density at radius 1 is 1.25 bits per heavy atom. The van der Waals surface area contributed by atoms with Gasteiger partial charge in [-0.05, 0) is 37.6 Å². The molecule has 1 aromatic heterocycles. The molecule has 1 aliphatic rings. The van der Waals surface area contributed by atoms with Gasteiger partial charge in [0.05, 0.1) is 19.8 Å². The van der Waals surface area contributed by atoms with E-state index < -0.39 is 5.60 Å². The Morgan fingerprint density at radius 2 is 2.00 bits per heavy atom. The number of aliphatic hydroxyl groups excluding tert-OH is 1. The van der Waals surface area contributed by atoms with Gasteiger partial charge in [0.1, 0.15) is 11.4 Å². The van der Waals surface area contributed by atoms with Crippen molar-refractivity contribution in [1.29, 1.82) is 0 Å². The summed E-state index contributed by atoms with van der Waals surface area (Å²) in [6.45, 7) is 5.31. The predicted molar refractivity (Wildman–Crippen MR) is 89.6 cm³/mol. The van der Waals surface area contributed by atoms with Gasteiger partial charge in [-0.2, -0.15) is 0 Å². The first-order valence-corrected chi connectivity index (χ1v) is 8.06. The zero-order valence-corrected chi connectivity index (χ0v) is 14.0. The van der Waals surface area contributed by atoms with E-state index in [4.69, 9.17) is 4.74 Å². The molecule has 0 bridgehead atoms. The van der Waals surface area contributed by atoms with E-state index >= 15 is 0 Å². The summed E-state index contributed by atoms with van der Waals surface area (Å²) in [5.74, 6) is 0.360. The quantitative estimate of drug-likeness (QED) is 0.929. The number of ether oxygens (including phenoxy) is 1. The van der Waals surface area contributed by atoms with Gasteiger partial charge in [0, 0.05) is 24.4 Å². The predicted octanol–water partition coefficient (Wildman–Crippen LogP) is 2.04. The monoisotopic (exact) mass is 331 g/mol. The van der Waals surface area contributed by atoms with Gasteiger partial charge in [-0.1, -0.05) is 12.1 Å². The summed E-state index contributed by atoms with van der Waals surface area (Å²) in [7, 11) is 0. The second-order valence-electron chi connectivity index (χ2n) is 6.37. The number of hydrogen-bond acceptors (Lipinski definition) is 5. The molecule has 2 heterocycles. The Balaban J connectivity index is 1.83. The molecule has 0 radical (unpaired) electrons. The number of rotatable bonds is 4. The Labute approximate surface area is 141 Å². The third kappa shape index (κ3) is 3.71. The zero-order valence-electron chi connectivity index (χ0n) is 14.0. The molecule has 1 unspecified atom stereocenters. The molecule has 0 saturated carbocycles. The molecule has 3 rings (SSSR count). The topological polar surface area (TPSA) is 58.5 Å². The van der Waals surface area contributed by atoms with Gasteiger partial charge in [0.15, 0.2) is 0 Å². The van der Waals surface area contributed by atoms with Gasteiger partial charge in [-0.3, -0.25) is 0 Å². The van der Waals surface area contributed by atoms with Crippen molar-refractivity contribution in [3.05, 3.63) is 53.1 Å². The third-order valence-electron chi connectivity index (χ3n) is 4.21. The van der Waals surface area contributed by atoms with Crippen LogP contribution in [-0.2, 0) is 11.2 Å². The number of anilines is 1. The zero-order chi connectivity index (χ0) is 17.2. The summed E-state index contributed by atoms with van der Waals surface area (Å²) in [4.78, 5) is 11.0. The maximum absolute atomic E-state index is 13.4. The first-order valence-electron chi connectivity index (χ1n) is 8.06. The fourth-order valence-corrected chi connectivity index (χ4v) is 3.14. The molecule has 1 N–H and O–H groups in total. The van der Waals surface area contributed by atoms with Crippen molar-refractivity contribution in [2.45, 2.75) is 25.9 Å². The van der Waals surface area contributed by atoms with Crippen LogP contribution in [0.1, 0.15) is 17.0 Å². The Hall–Kier alpha value is -2.05. The molecule has 5 nitrogen and oxygen atoms in total. The maximum atomic E-state index is 13.4. The van der Waals surface area contributed by atoms with E-state index in [9.17, 15) is 9.50 Å². The van der Waals surface area contributed by atoms with Crippen LogP contribution in [0, 0.1) is 19.7 Å². The van der Waals surface area contributed by atoms with Crippen molar-refractivity contribution in [3.8, 4) is 0 Å². The van der Waals surface area contributed by atoms with Crippen molar-refractivity contribution in [2.24, 2.45) is 0 Å². The van der Waals surface area contributed by atoms with Gasteiger partial charge in [-0.25, -0.2) is 14.4 Å². The fraction of sp³-hybridized carbons (Fsp3) is 0.444. The lowest BCUT2D eigenvalue weighted by Gasteiger charge is -2.42. The largest absolute Gasteiger partial charge is 0.393 e. The van der Waals surface area contributed by atoms with Crippen LogP contribution in [0.15, 0.2) is 30.3 Å². The molecule has 0 spiro atoms. The summed E-state index contributed by atoms with van der Waals surface area (Å²) in [5.41, 5.74) is 1.83. The molecule has 1 atom stereocenters. The molecule has 1 saturated heterocycles. The van der Waals surface area contributed by atoms with Gasteiger partial charge in [0.25, 0.3) is 0 Å². The standard InChI is InChI=1S/C18H22FN3O2/c1-13-8-14(2)21-17(20-13)22-6-7-24-18(11-22,12-23)10-15-4-3-5-16(19)9-15/h3-5,8-9,23H,6-7,10-12H2,1-2H3. The van der Waals surface area contributed by atoms with Crippen LogP contribution >= 0.6 is 0 Å². The molecule has 2 aromatic rings. The van der Waals surface area contributed by atoms with E-state index in [2.05, 4.69) is 9.97 Å². The van der Waals surface area contributed by atoms with E-state index in [1.807, 2.05) is 30.9 Å². The van der Waals surface area contributed by atoms with Crippen LogP contribution < -0.4 is 4.90 Å². The smallest absolute Gasteiger partial charge is 0.225 e. The van der Waals surface area contributed by atoms with E-state index in [-0.39, 0.29) is 12.4 Å². The normalized spacial score (nSPS) is 21.1.